The van der Waals surface area contributed by atoms with Crippen LogP contribution in [0.1, 0.15) is 119 Å². The quantitative estimate of drug-likeness (QED) is 0.0679. The molecule has 6 rings (SSSR count). The fraction of sp³-hybridized carbons (Fsp3) is 0.467. The molecule has 2 saturated heterocycles. The number of halogens is 10. The topological polar surface area (TPSA) is 36.9 Å². The van der Waals surface area contributed by atoms with Crippen LogP contribution in [0.4, 0.5) is 43.9 Å². The molecule has 0 aromatic heterocycles. The van der Waals surface area contributed by atoms with Gasteiger partial charge in [0.15, 0.2) is 69.7 Å². The van der Waals surface area contributed by atoms with Crippen LogP contribution in [-0.2, 0) is 22.7 Å². The Kier molecular flexibility index (Phi) is 16.9. The molecule has 0 N–H and O–H groups in total. The molecule has 2 heterocycles. The van der Waals surface area contributed by atoms with E-state index in [4.69, 9.17) is 18.9 Å². The molecule has 0 bridgehead atoms. The van der Waals surface area contributed by atoms with Crippen molar-refractivity contribution in [2.45, 2.75) is 110 Å². The highest BCUT2D eigenvalue weighted by atomic mass is 19.2. The summed E-state index contributed by atoms with van der Waals surface area (Å²) in [7, 11) is 0. The molecule has 2 aliphatic rings. The maximum absolute atomic E-state index is 14.4. The Morgan fingerprint density at radius 3 is 1.14 bits per heavy atom. The van der Waals surface area contributed by atoms with Crippen molar-refractivity contribution in [1.82, 2.24) is 0 Å². The lowest BCUT2D eigenvalue weighted by molar-refractivity contribution is -0.0202. The molecule has 0 saturated carbocycles. The van der Waals surface area contributed by atoms with Crippen molar-refractivity contribution in [2.24, 2.45) is 11.8 Å². The second-order valence-electron chi connectivity index (χ2n) is 15.1. The monoisotopic (exact) mass is 842 g/mol. The van der Waals surface area contributed by atoms with Gasteiger partial charge in [0.05, 0.1) is 25.4 Å². The fourth-order valence-corrected chi connectivity index (χ4v) is 7.27. The maximum atomic E-state index is 14.4. The van der Waals surface area contributed by atoms with Gasteiger partial charge in [-0.1, -0.05) is 46.0 Å². The zero-order chi connectivity index (χ0) is 42.6. The van der Waals surface area contributed by atoms with E-state index in [1.54, 1.807) is 0 Å². The van der Waals surface area contributed by atoms with Crippen LogP contribution in [0.3, 0.4) is 0 Å². The number of unbranched alkanes of at least 4 members (excludes halogenated alkanes) is 3. The first-order valence-corrected chi connectivity index (χ1v) is 20.0. The lowest BCUT2D eigenvalue weighted by Crippen LogP contribution is -2.21. The molecule has 4 unspecified atom stereocenters. The predicted octanol–water partition coefficient (Wildman–Crippen LogP) is 13.6. The summed E-state index contributed by atoms with van der Waals surface area (Å²) in [6.07, 6.45) is 10.4. The summed E-state index contributed by atoms with van der Waals surface area (Å²) in [5, 5.41) is 0. The van der Waals surface area contributed by atoms with E-state index in [1.165, 1.54) is 6.42 Å². The summed E-state index contributed by atoms with van der Waals surface area (Å²) in [6, 6.07) is 7.49. The maximum Gasteiger partial charge on any atom is 0.194 e. The Labute approximate surface area is 337 Å². The van der Waals surface area contributed by atoms with Crippen molar-refractivity contribution in [3.63, 3.8) is 0 Å². The van der Waals surface area contributed by atoms with E-state index < -0.39 is 82.9 Å². The fourth-order valence-electron chi connectivity index (χ4n) is 7.27. The van der Waals surface area contributed by atoms with Crippen molar-refractivity contribution >= 4 is 0 Å². The van der Waals surface area contributed by atoms with Crippen LogP contribution in [0.2, 0.25) is 0 Å². The molecule has 0 radical (unpaired) electrons. The third kappa shape index (κ3) is 12.6. The summed E-state index contributed by atoms with van der Waals surface area (Å²) in [4.78, 5) is 0. The van der Waals surface area contributed by atoms with Crippen LogP contribution in [-0.4, -0.2) is 13.2 Å². The van der Waals surface area contributed by atoms with Gasteiger partial charge >= 0.3 is 0 Å². The lowest BCUT2D eigenvalue weighted by Gasteiger charge is -2.29. The predicted molar refractivity (Wildman–Crippen MR) is 201 cm³/mol. The highest BCUT2D eigenvalue weighted by Crippen LogP contribution is 2.37. The van der Waals surface area contributed by atoms with E-state index in [1.807, 2.05) is 0 Å². The van der Waals surface area contributed by atoms with Crippen LogP contribution in [0.15, 0.2) is 48.5 Å². The molecule has 4 nitrogen and oxygen atoms in total. The third-order valence-corrected chi connectivity index (χ3v) is 10.6. The van der Waals surface area contributed by atoms with Gasteiger partial charge in [0.1, 0.15) is 13.2 Å². The van der Waals surface area contributed by atoms with Gasteiger partial charge in [-0.15, -0.1) is 0 Å². The summed E-state index contributed by atoms with van der Waals surface area (Å²) in [5.41, 5.74) is 0.611. The third-order valence-electron chi connectivity index (χ3n) is 10.6. The van der Waals surface area contributed by atoms with Crippen molar-refractivity contribution in [3.8, 4) is 11.5 Å². The molecule has 2 fully saturated rings. The zero-order valence-electron chi connectivity index (χ0n) is 32.9. The summed E-state index contributed by atoms with van der Waals surface area (Å²) in [5.74, 6) is -12.9. The van der Waals surface area contributed by atoms with Crippen molar-refractivity contribution in [1.29, 1.82) is 0 Å². The minimum Gasteiger partial charge on any atom is -0.483 e. The summed E-state index contributed by atoms with van der Waals surface area (Å²) >= 11 is 0. The van der Waals surface area contributed by atoms with Crippen LogP contribution in [0.25, 0.3) is 0 Å². The molecule has 4 atom stereocenters. The Bertz CT molecular complexity index is 1900. The van der Waals surface area contributed by atoms with Gasteiger partial charge in [-0.2, -0.15) is 0 Å². The molecule has 14 heteroatoms. The van der Waals surface area contributed by atoms with E-state index >= 15 is 0 Å². The molecule has 4 aromatic rings. The first kappa shape index (κ1) is 45.8. The standard InChI is InChI=1S/C23H25F5O2.C22H23F5O2/c1-2-3-4-5-14-6-7-21(29-12-14)16-10-19(26)23(20(27)11-16)30-13-15-8-17(24)22(28)18(25)9-15;1-2-3-4-13-5-6-20(28-11-13)15-9-18(25)22(19(26)10-15)29-12-14-7-16(23)21(27)17(24)8-14/h8-11,14,21H,2-7,12-13H2,1H3;7-10,13,20H,2-6,11-12H2,1H3. The normalized spacial score (nSPS) is 19.3. The summed E-state index contributed by atoms with van der Waals surface area (Å²) in [6.45, 7) is 4.39. The first-order valence-electron chi connectivity index (χ1n) is 20.0. The Hall–Kier alpha value is -4.30. The minimum absolute atomic E-state index is 0.0843. The Morgan fingerprint density at radius 1 is 0.458 bits per heavy atom. The van der Waals surface area contributed by atoms with Gasteiger partial charge in [0, 0.05) is 0 Å². The Morgan fingerprint density at radius 2 is 0.814 bits per heavy atom. The van der Waals surface area contributed by atoms with Gasteiger partial charge < -0.3 is 18.9 Å². The number of hydrogen-bond acceptors (Lipinski definition) is 4. The van der Waals surface area contributed by atoms with Gasteiger partial charge in [-0.3, -0.25) is 0 Å². The smallest absolute Gasteiger partial charge is 0.194 e. The van der Waals surface area contributed by atoms with Crippen LogP contribution >= 0.6 is 0 Å². The van der Waals surface area contributed by atoms with Crippen molar-refractivity contribution in [3.05, 3.63) is 129 Å². The van der Waals surface area contributed by atoms with Gasteiger partial charge in [-0.05, 0) is 121 Å². The highest BCUT2D eigenvalue weighted by Gasteiger charge is 2.27. The number of ether oxygens (including phenoxy) is 4. The van der Waals surface area contributed by atoms with Crippen LogP contribution in [0.5, 0.6) is 11.5 Å². The van der Waals surface area contributed by atoms with Gasteiger partial charge in [-0.25, -0.2) is 43.9 Å². The minimum atomic E-state index is -1.61. The van der Waals surface area contributed by atoms with Crippen LogP contribution in [0, 0.1) is 70.0 Å². The molecule has 2 aliphatic heterocycles. The molecule has 59 heavy (non-hydrogen) atoms. The lowest BCUT2D eigenvalue weighted by atomic mass is 9.91. The molecular formula is C45H48F10O4. The highest BCUT2D eigenvalue weighted by molar-refractivity contribution is 5.34. The molecule has 0 spiro atoms. The number of rotatable bonds is 15. The molecule has 4 aromatic carbocycles. The van der Waals surface area contributed by atoms with Crippen molar-refractivity contribution in [2.75, 3.05) is 13.2 Å². The first-order chi connectivity index (χ1) is 28.3. The van der Waals surface area contributed by atoms with Crippen LogP contribution < -0.4 is 9.47 Å². The zero-order valence-corrected chi connectivity index (χ0v) is 32.9. The summed E-state index contributed by atoms with van der Waals surface area (Å²) < 4.78 is 158. The van der Waals surface area contributed by atoms with Gasteiger partial charge in [0.25, 0.3) is 0 Å². The van der Waals surface area contributed by atoms with E-state index in [0.29, 0.717) is 61.2 Å². The van der Waals surface area contributed by atoms with Crippen molar-refractivity contribution < 1.29 is 62.9 Å². The number of benzene rings is 4. The molecular weight excluding hydrogens is 794 g/mol. The second-order valence-corrected chi connectivity index (χ2v) is 15.1. The van der Waals surface area contributed by atoms with E-state index in [0.717, 1.165) is 87.8 Å². The largest absolute Gasteiger partial charge is 0.483 e. The second kappa shape index (κ2) is 21.8. The molecule has 322 valence electrons. The van der Waals surface area contributed by atoms with E-state index in [-0.39, 0.29) is 23.3 Å². The number of hydrogen-bond donors (Lipinski definition) is 0. The van der Waals surface area contributed by atoms with Gasteiger partial charge in [0.2, 0.25) is 0 Å². The SMILES string of the molecule is CCCCC1CCC(c2cc(F)c(OCc3cc(F)c(F)c(F)c3)c(F)c2)OC1.CCCCCC1CCC(c2cc(F)c(OCc3cc(F)c(F)c(F)c3)c(F)c2)OC1. The molecule has 0 aliphatic carbocycles. The van der Waals surface area contributed by atoms with E-state index in [9.17, 15) is 43.9 Å². The molecule has 0 amide bonds. The Balaban J connectivity index is 0.000000224. The van der Waals surface area contributed by atoms with E-state index in [2.05, 4.69) is 13.8 Å². The average molecular weight is 843 g/mol. The average Bonchev–Trinajstić information content (AvgIpc) is 3.21.